The zero-order chi connectivity index (χ0) is 59.2. The Bertz CT molecular complexity index is 2440. The van der Waals surface area contributed by atoms with Crippen LogP contribution in [0.5, 0.6) is 5.75 Å². The maximum atomic E-state index is 12.4. The number of anilines is 2. The van der Waals surface area contributed by atoms with Crippen LogP contribution in [0, 0.1) is 0 Å². The summed E-state index contributed by atoms with van der Waals surface area (Å²) in [5.74, 6) is -0.700. The number of nitrogens with zero attached hydrogens (tertiary/aromatic N) is 2. The highest BCUT2D eigenvalue weighted by atomic mass is 127. The zero-order valence-corrected chi connectivity index (χ0v) is 51.5. The molecule has 0 bridgehead atoms. The summed E-state index contributed by atoms with van der Waals surface area (Å²) in [7, 11) is -5.65. The highest BCUT2D eigenvalue weighted by molar-refractivity contribution is 14.2. The lowest BCUT2D eigenvalue weighted by Gasteiger charge is -2.30. The minimum atomic E-state index is -4.60. The lowest BCUT2D eigenvalue weighted by molar-refractivity contribution is -0.137. The predicted molar refractivity (Wildman–Crippen MR) is 319 cm³/mol. The molecule has 3 N–H and O–H groups in total. The molecule has 0 aromatic heterocycles. The van der Waals surface area contributed by atoms with E-state index in [1.165, 1.54) is 12.1 Å². The van der Waals surface area contributed by atoms with Crippen LogP contribution in [-0.2, 0) is 87.3 Å². The molecule has 2 aliphatic rings. The molecule has 4 rings (SSSR count). The Kier molecular flexibility index (Phi) is 35.9. The monoisotopic (exact) mass is 1310 g/mol. The van der Waals surface area contributed by atoms with Crippen LogP contribution >= 0.6 is 21.1 Å². The van der Waals surface area contributed by atoms with E-state index in [0.717, 1.165) is 22.5 Å². The average molecular weight is 1320 g/mol. The van der Waals surface area contributed by atoms with Gasteiger partial charge >= 0.3 is 5.97 Å². The summed E-state index contributed by atoms with van der Waals surface area (Å²) in [5.41, 5.74) is 3.63. The second kappa shape index (κ2) is 41.5. The van der Waals surface area contributed by atoms with E-state index in [0.29, 0.717) is 201 Å². The van der Waals surface area contributed by atoms with Crippen LogP contribution in [0.3, 0.4) is 0 Å². The molecule has 1 atom stereocenters. The second-order valence-electron chi connectivity index (χ2n) is 18.8. The third kappa shape index (κ3) is 28.6. The van der Waals surface area contributed by atoms with Gasteiger partial charge in [-0.15, -0.1) is 0 Å². The first-order valence-corrected chi connectivity index (χ1v) is 32.8. The number of carboxylic acids is 1. The van der Waals surface area contributed by atoms with Crippen molar-refractivity contribution in [2.45, 2.75) is 55.8 Å². The number of allylic oxidation sites excluding steroid dienone is 6. The van der Waals surface area contributed by atoms with Gasteiger partial charge in [0.2, 0.25) is 0 Å². The molecule has 466 valence electrons. The van der Waals surface area contributed by atoms with Crippen LogP contribution in [0.25, 0.3) is 5.57 Å². The van der Waals surface area contributed by atoms with Crippen molar-refractivity contribution in [2.75, 3.05) is 195 Å². The van der Waals surface area contributed by atoms with Gasteiger partial charge in [-0.2, -0.15) is 16.8 Å². The fourth-order valence-corrected chi connectivity index (χ4v) is 11.0. The molecule has 0 saturated heterocycles. The van der Waals surface area contributed by atoms with Gasteiger partial charge < -0.3 is 74.8 Å². The summed E-state index contributed by atoms with van der Waals surface area (Å²) in [6.07, 6.45) is 9.73. The molecule has 0 saturated carbocycles. The highest BCUT2D eigenvalue weighted by Crippen LogP contribution is 2.51. The van der Waals surface area contributed by atoms with Crippen molar-refractivity contribution in [1.82, 2.24) is 0 Å². The molecular weight excluding hydrogens is 1230 g/mol. The van der Waals surface area contributed by atoms with Gasteiger partial charge in [0.05, 0.1) is 156 Å². The predicted octanol–water partition coefficient (Wildman–Crippen LogP) is 6.19. The third-order valence-electron chi connectivity index (χ3n) is 12.8. The van der Waals surface area contributed by atoms with Crippen LogP contribution < -0.4 is 12.9 Å². The summed E-state index contributed by atoms with van der Waals surface area (Å²) in [4.78, 5) is 15.2. The van der Waals surface area contributed by atoms with E-state index in [4.69, 9.17) is 59.9 Å². The number of carboxylic acid groups (broad SMARTS) is 1. The van der Waals surface area contributed by atoms with E-state index in [-0.39, 0.29) is 24.2 Å². The Morgan fingerprint density at radius 3 is 1.62 bits per heavy atom. The topological polar surface area (TPSA) is 273 Å². The fraction of sp³-hybridized carbons (Fsp3) is 0.643. The molecule has 26 heteroatoms. The van der Waals surface area contributed by atoms with Crippen molar-refractivity contribution < 1.29 is 95.8 Å². The Morgan fingerprint density at radius 2 is 1.15 bits per heavy atom. The molecule has 2 aliphatic heterocycles. The minimum absolute atomic E-state index is 0.0224. The van der Waals surface area contributed by atoms with Crippen molar-refractivity contribution in [3.05, 3.63) is 77.5 Å². The quantitative estimate of drug-likeness (QED) is 0.0378. The molecule has 0 fully saturated rings. The van der Waals surface area contributed by atoms with E-state index in [1.54, 1.807) is 20.3 Å². The number of methoxy groups -OCH3 is 2. The molecule has 0 radical (unpaired) electrons. The number of halogens is 1. The van der Waals surface area contributed by atoms with Crippen molar-refractivity contribution in [2.24, 2.45) is 0 Å². The third-order valence-corrected chi connectivity index (χ3v) is 15.8. The van der Waals surface area contributed by atoms with Crippen molar-refractivity contribution in [3.63, 3.8) is 0 Å². The molecule has 2 heterocycles. The number of benzene rings is 2. The van der Waals surface area contributed by atoms with E-state index in [9.17, 15) is 35.8 Å². The van der Waals surface area contributed by atoms with E-state index < -0.39 is 58.5 Å². The zero-order valence-electron chi connectivity index (χ0n) is 47.8. The molecule has 2 aromatic carbocycles. The number of hydrogen-bond acceptors (Lipinski definition) is 20. The number of aliphatic carboxylic acids is 1. The minimum Gasteiger partial charge on any atom is -0.481 e. The summed E-state index contributed by atoms with van der Waals surface area (Å²) in [5, 5.41) is 9.24. The number of unbranched alkanes of at least 4 members (excludes halogenated alkanes) is 2. The van der Waals surface area contributed by atoms with Crippen molar-refractivity contribution in [1.29, 1.82) is 0 Å². The number of ether oxygens (including phenoxy) is 12. The maximum Gasteiger partial charge on any atom is 0.303 e. The van der Waals surface area contributed by atoms with Crippen LogP contribution in [0.2, 0.25) is 0 Å². The normalized spacial score (nSPS) is 15.8. The van der Waals surface area contributed by atoms with Gasteiger partial charge in [-0.3, -0.25) is 13.9 Å². The standard InChI is InChI=1S/C56H87IN2O21S2/c1-56(17-8-44-81(62,63)64)51-46-49(82(65,66)67)13-15-52(51)59(19-6-4-5-11-55(60)61)54(56)10-7-9-47-16-18-57-80-53-45-48(12-14-50(47)53)58(20-22-70-28-30-74-36-38-78-42-40-76-34-32-72-26-24-68-2)21-23-71-29-31-75-37-39-79-43-41-77-35-33-73-27-25-69-3/h7,9-10,12-16,18,45-46H,4-6,8,11,17,19-44H2,1-3H3,(H,60,61)(H,62,63,64)(H,65,66,67)/b9-7+,54-10+. The van der Waals surface area contributed by atoms with Crippen molar-refractivity contribution >= 4 is 68.3 Å². The number of rotatable bonds is 50. The lowest BCUT2D eigenvalue weighted by Crippen LogP contribution is -2.31. The van der Waals surface area contributed by atoms with Gasteiger partial charge in [0.15, 0.2) is 0 Å². The molecule has 23 nitrogen and oxygen atoms in total. The number of hydrogen-bond donors (Lipinski definition) is 3. The summed E-state index contributed by atoms with van der Waals surface area (Å²) < 4.78 is 143. The molecule has 0 amide bonds. The molecule has 82 heavy (non-hydrogen) atoms. The Morgan fingerprint density at radius 1 is 0.646 bits per heavy atom. The Balaban J connectivity index is 1.42. The van der Waals surface area contributed by atoms with Gasteiger partial charge in [0.1, 0.15) is 26.9 Å². The Hall–Kier alpha value is -3.53. The molecule has 0 spiro atoms. The maximum absolute atomic E-state index is 12.4. The summed E-state index contributed by atoms with van der Waals surface area (Å²) in [6.45, 7) is 13.6. The fourth-order valence-electron chi connectivity index (χ4n) is 8.65. The highest BCUT2D eigenvalue weighted by Gasteiger charge is 2.43. The van der Waals surface area contributed by atoms with Gasteiger partial charge in [0, 0.05) is 78.4 Å². The Labute approximate surface area is 495 Å². The van der Waals surface area contributed by atoms with E-state index in [2.05, 4.69) is 4.90 Å². The molecule has 0 aliphatic carbocycles. The van der Waals surface area contributed by atoms with Gasteiger partial charge in [-0.05, 0) is 86.2 Å². The van der Waals surface area contributed by atoms with Crippen LogP contribution in [0.4, 0.5) is 11.4 Å². The second-order valence-corrected chi connectivity index (χ2v) is 23.5. The van der Waals surface area contributed by atoms with Gasteiger partial charge in [-0.25, -0.2) is 0 Å². The van der Waals surface area contributed by atoms with Crippen molar-refractivity contribution in [3.8, 4) is 5.75 Å². The first-order valence-electron chi connectivity index (χ1n) is 27.6. The van der Waals surface area contributed by atoms with Crippen LogP contribution in [-0.4, -0.2) is 226 Å². The van der Waals surface area contributed by atoms with Crippen LogP contribution in [0.15, 0.2) is 71.3 Å². The molecular formula is C56H87IN2O21S2. The van der Waals surface area contributed by atoms with Crippen LogP contribution in [0.1, 0.15) is 56.6 Å². The number of carbonyl (C=O) groups is 1. The molecule has 2 aromatic rings. The SMILES string of the molecule is COCCOCCOCCOCCOCCOCCN(CCOCCOCCOCCOCCOCCOC)c1ccc2c(c1)OI=CC=C2/C=C/C=C1/N(CCCCCC(=O)O)c2ccc(S(=O)(=O)O)cc2C1(C)CCCS(=O)(=O)O. The van der Waals surface area contributed by atoms with Gasteiger partial charge in [-0.1, -0.05) is 18.6 Å². The first kappa shape index (κ1) is 71.0. The first-order chi connectivity index (χ1) is 39.7. The summed E-state index contributed by atoms with van der Waals surface area (Å²) in [6, 6.07) is 10.4. The summed E-state index contributed by atoms with van der Waals surface area (Å²) >= 11 is -0.827. The number of fused-ring (bicyclic) bond motifs is 2. The smallest absolute Gasteiger partial charge is 0.303 e. The average Bonchev–Trinajstić information content (AvgIpc) is 3.72. The largest absolute Gasteiger partial charge is 0.481 e. The lowest BCUT2D eigenvalue weighted by atomic mass is 9.77. The van der Waals surface area contributed by atoms with E-state index in [1.807, 2.05) is 58.3 Å². The molecule has 1 unspecified atom stereocenters. The van der Waals surface area contributed by atoms with E-state index >= 15 is 0 Å². The van der Waals surface area contributed by atoms with Gasteiger partial charge in [0.25, 0.3) is 20.2 Å².